The van der Waals surface area contributed by atoms with Crippen molar-refractivity contribution in [1.29, 1.82) is 0 Å². The number of benzene rings is 1. The third-order valence-electron chi connectivity index (χ3n) is 3.44. The topological polar surface area (TPSA) is 40.5 Å². The van der Waals surface area contributed by atoms with E-state index in [9.17, 15) is 14.3 Å². The van der Waals surface area contributed by atoms with E-state index in [1.54, 1.807) is 30.0 Å². The van der Waals surface area contributed by atoms with Crippen molar-refractivity contribution >= 4 is 12.0 Å². The monoisotopic (exact) mass is 263 g/mol. The van der Waals surface area contributed by atoms with Gasteiger partial charge in [0.05, 0.1) is 12.6 Å². The average Bonchev–Trinajstić information content (AvgIpc) is 2.88. The zero-order valence-corrected chi connectivity index (χ0v) is 11.0. The second kappa shape index (κ2) is 5.97. The highest BCUT2D eigenvalue weighted by atomic mass is 19.1. The molecule has 1 fully saturated rings. The number of aliphatic hydroxyl groups excluding tert-OH is 1. The molecule has 0 spiro atoms. The molecule has 1 aromatic carbocycles. The number of rotatable bonds is 3. The average molecular weight is 263 g/mol. The van der Waals surface area contributed by atoms with E-state index in [0.717, 1.165) is 18.4 Å². The number of hydrogen-bond acceptors (Lipinski definition) is 2. The summed E-state index contributed by atoms with van der Waals surface area (Å²) in [5, 5.41) is 9.23. The predicted octanol–water partition coefficient (Wildman–Crippen LogP) is 2.21. The van der Waals surface area contributed by atoms with Crippen LogP contribution in [0.15, 0.2) is 29.8 Å². The molecule has 1 N–H and O–H groups in total. The molecular formula is C15H18FNO2. The molecule has 0 bridgehead atoms. The zero-order valence-electron chi connectivity index (χ0n) is 11.0. The Morgan fingerprint density at radius 1 is 1.47 bits per heavy atom. The molecule has 0 aliphatic carbocycles. The lowest BCUT2D eigenvalue weighted by molar-refractivity contribution is -0.128. The molecule has 0 saturated carbocycles. The minimum Gasteiger partial charge on any atom is -0.394 e. The Hall–Kier alpha value is -1.68. The first-order valence-corrected chi connectivity index (χ1v) is 6.47. The van der Waals surface area contributed by atoms with Crippen LogP contribution < -0.4 is 0 Å². The summed E-state index contributed by atoms with van der Waals surface area (Å²) >= 11 is 0. The molecule has 1 aliphatic heterocycles. The third-order valence-corrected chi connectivity index (χ3v) is 3.44. The smallest absolute Gasteiger partial charge is 0.249 e. The number of likely N-dealkylation sites (tertiary alicyclic amines) is 1. The molecule has 3 nitrogen and oxygen atoms in total. The lowest BCUT2D eigenvalue weighted by Gasteiger charge is -2.23. The number of hydrogen-bond donors (Lipinski definition) is 1. The van der Waals surface area contributed by atoms with Gasteiger partial charge >= 0.3 is 0 Å². The molecule has 1 atom stereocenters. The molecule has 1 aromatic rings. The molecular weight excluding hydrogens is 245 g/mol. The van der Waals surface area contributed by atoms with Crippen LogP contribution in [0.25, 0.3) is 6.08 Å². The molecule has 1 aliphatic rings. The lowest BCUT2D eigenvalue weighted by atomic mass is 10.1. The fraction of sp³-hybridized carbons (Fsp3) is 0.400. The van der Waals surface area contributed by atoms with E-state index in [1.807, 2.05) is 0 Å². The molecule has 0 radical (unpaired) electrons. The first-order valence-electron chi connectivity index (χ1n) is 6.47. The first kappa shape index (κ1) is 13.7. The van der Waals surface area contributed by atoms with E-state index >= 15 is 0 Å². The molecule has 102 valence electrons. The number of halogens is 1. The van der Waals surface area contributed by atoms with Gasteiger partial charge in [-0.1, -0.05) is 12.1 Å². The van der Waals surface area contributed by atoms with Crippen molar-refractivity contribution in [2.75, 3.05) is 13.2 Å². The van der Waals surface area contributed by atoms with Gasteiger partial charge in [0.25, 0.3) is 0 Å². The second-order valence-corrected chi connectivity index (χ2v) is 4.86. The largest absolute Gasteiger partial charge is 0.394 e. The van der Waals surface area contributed by atoms with Crippen molar-refractivity contribution in [3.05, 3.63) is 41.2 Å². The molecule has 1 heterocycles. The molecule has 1 amide bonds. The Morgan fingerprint density at radius 2 is 2.16 bits per heavy atom. The summed E-state index contributed by atoms with van der Waals surface area (Å²) in [6.45, 7) is 2.45. The van der Waals surface area contributed by atoms with Gasteiger partial charge in [0, 0.05) is 12.1 Å². The number of nitrogens with zero attached hydrogens (tertiary/aromatic N) is 1. The number of aliphatic hydroxyl groups is 1. The van der Waals surface area contributed by atoms with E-state index in [0.29, 0.717) is 12.1 Å². The molecule has 19 heavy (non-hydrogen) atoms. The Morgan fingerprint density at radius 3 is 2.79 bits per heavy atom. The van der Waals surface area contributed by atoms with Gasteiger partial charge in [0.15, 0.2) is 0 Å². The highest BCUT2D eigenvalue weighted by Crippen LogP contribution is 2.20. The Balaban J connectivity index is 2.12. The van der Waals surface area contributed by atoms with Crippen LogP contribution >= 0.6 is 0 Å². The minimum atomic E-state index is -0.291. The van der Waals surface area contributed by atoms with Crippen LogP contribution in [0.2, 0.25) is 0 Å². The van der Waals surface area contributed by atoms with Crippen molar-refractivity contribution in [2.24, 2.45) is 0 Å². The summed E-state index contributed by atoms with van der Waals surface area (Å²) in [6.07, 6.45) is 3.53. The van der Waals surface area contributed by atoms with Gasteiger partial charge in [-0.25, -0.2) is 4.39 Å². The van der Waals surface area contributed by atoms with Crippen molar-refractivity contribution < 1.29 is 14.3 Å². The van der Waals surface area contributed by atoms with E-state index in [4.69, 9.17) is 0 Å². The number of carbonyl (C=O) groups excluding carboxylic acids is 1. The number of amides is 1. The predicted molar refractivity (Wildman–Crippen MR) is 71.9 cm³/mol. The quantitative estimate of drug-likeness (QED) is 0.849. The summed E-state index contributed by atoms with van der Waals surface area (Å²) < 4.78 is 12.8. The maximum atomic E-state index is 12.8. The van der Waals surface area contributed by atoms with E-state index in [-0.39, 0.29) is 24.4 Å². The molecule has 1 saturated heterocycles. The van der Waals surface area contributed by atoms with Gasteiger partial charge in [-0.3, -0.25) is 4.79 Å². The fourth-order valence-corrected chi connectivity index (χ4v) is 2.39. The third kappa shape index (κ3) is 3.20. The summed E-state index contributed by atoms with van der Waals surface area (Å²) in [7, 11) is 0. The van der Waals surface area contributed by atoms with Gasteiger partial charge in [-0.15, -0.1) is 0 Å². The molecule has 0 aromatic heterocycles. The van der Waals surface area contributed by atoms with Crippen molar-refractivity contribution in [2.45, 2.75) is 25.8 Å². The Kier molecular flexibility index (Phi) is 4.32. The molecule has 0 unspecified atom stereocenters. The first-order chi connectivity index (χ1) is 9.11. The highest BCUT2D eigenvalue weighted by molar-refractivity contribution is 5.97. The SMILES string of the molecule is C/C(=C/c1ccc(F)cc1)C(=O)N1CCC[C@@H]1CO. The standard InChI is InChI=1S/C15H18FNO2/c1-11(9-12-4-6-13(16)7-5-12)15(19)17-8-2-3-14(17)10-18/h4-7,9,14,18H,2-3,8,10H2,1H3/b11-9-/t14-/m1/s1. The van der Waals surface area contributed by atoms with Crippen LogP contribution in [0.1, 0.15) is 25.3 Å². The molecule has 4 heteroatoms. The van der Waals surface area contributed by atoms with Crippen LogP contribution in [-0.4, -0.2) is 35.1 Å². The summed E-state index contributed by atoms with van der Waals surface area (Å²) in [6, 6.07) is 5.95. The Labute approximate surface area is 112 Å². The number of carbonyl (C=O) groups is 1. The normalized spacial score (nSPS) is 19.8. The van der Waals surface area contributed by atoms with Gasteiger partial charge in [0.1, 0.15) is 5.82 Å². The summed E-state index contributed by atoms with van der Waals surface area (Å²) in [5.41, 5.74) is 1.40. The zero-order chi connectivity index (χ0) is 13.8. The van der Waals surface area contributed by atoms with Crippen molar-refractivity contribution in [3.8, 4) is 0 Å². The van der Waals surface area contributed by atoms with Crippen LogP contribution in [0.4, 0.5) is 4.39 Å². The maximum absolute atomic E-state index is 12.8. The van der Waals surface area contributed by atoms with E-state index in [1.165, 1.54) is 12.1 Å². The summed E-state index contributed by atoms with van der Waals surface area (Å²) in [5.74, 6) is -0.345. The highest BCUT2D eigenvalue weighted by Gasteiger charge is 2.28. The fourth-order valence-electron chi connectivity index (χ4n) is 2.39. The molecule has 2 rings (SSSR count). The maximum Gasteiger partial charge on any atom is 0.249 e. The van der Waals surface area contributed by atoms with E-state index in [2.05, 4.69) is 0 Å². The van der Waals surface area contributed by atoms with Crippen molar-refractivity contribution in [1.82, 2.24) is 4.90 Å². The van der Waals surface area contributed by atoms with E-state index < -0.39 is 0 Å². The summed E-state index contributed by atoms with van der Waals surface area (Å²) in [4.78, 5) is 14.0. The second-order valence-electron chi connectivity index (χ2n) is 4.86. The van der Waals surface area contributed by atoms with Crippen molar-refractivity contribution in [3.63, 3.8) is 0 Å². The van der Waals surface area contributed by atoms with Crippen LogP contribution in [0, 0.1) is 5.82 Å². The van der Waals surface area contributed by atoms with Crippen LogP contribution in [-0.2, 0) is 4.79 Å². The minimum absolute atomic E-state index is 0.00949. The van der Waals surface area contributed by atoms with Gasteiger partial charge in [-0.05, 0) is 43.5 Å². The van der Waals surface area contributed by atoms with Gasteiger partial charge < -0.3 is 10.0 Å². The Bertz CT molecular complexity index is 481. The van der Waals surface area contributed by atoms with Crippen LogP contribution in [0.3, 0.4) is 0 Å². The lowest BCUT2D eigenvalue weighted by Crippen LogP contribution is -2.38. The van der Waals surface area contributed by atoms with Crippen LogP contribution in [0.5, 0.6) is 0 Å². The van der Waals surface area contributed by atoms with Gasteiger partial charge in [0.2, 0.25) is 5.91 Å². The van der Waals surface area contributed by atoms with Gasteiger partial charge in [-0.2, -0.15) is 0 Å².